The van der Waals surface area contributed by atoms with E-state index < -0.39 is 0 Å². The highest BCUT2D eigenvalue weighted by Crippen LogP contribution is 2.46. The van der Waals surface area contributed by atoms with Crippen LogP contribution >= 0.6 is 0 Å². The van der Waals surface area contributed by atoms with Crippen LogP contribution in [0.5, 0.6) is 0 Å². The van der Waals surface area contributed by atoms with Crippen LogP contribution in [0.25, 0.3) is 0 Å². The van der Waals surface area contributed by atoms with Crippen molar-refractivity contribution in [3.63, 3.8) is 0 Å². The van der Waals surface area contributed by atoms with Crippen molar-refractivity contribution >= 4 is 0 Å². The molecule has 5 aliphatic rings. The van der Waals surface area contributed by atoms with E-state index in [0.717, 1.165) is 23.8 Å². The normalized spacial score (nSPS) is 42.1. The van der Waals surface area contributed by atoms with Crippen LogP contribution in [0.3, 0.4) is 0 Å². The van der Waals surface area contributed by atoms with Crippen molar-refractivity contribution in [2.45, 2.75) is 76.3 Å². The standard InChI is InChI=1S/C24H34N2/c25-22-12-10-17(14-20(22)16-6-2-1-3-7-16)18-11-13-24-21(15-18)19-8-4-5-9-23(19)26-24/h2,6-7,13,15,17-20,22-23,26H,1,3-5,8-12,14,25H2. The minimum atomic E-state index is 0.360. The van der Waals surface area contributed by atoms with Crippen LogP contribution in [-0.4, -0.2) is 12.1 Å². The maximum Gasteiger partial charge on any atom is 0.0335 e. The van der Waals surface area contributed by atoms with Gasteiger partial charge in [-0.2, -0.15) is 0 Å². The van der Waals surface area contributed by atoms with Crippen molar-refractivity contribution in [1.29, 1.82) is 0 Å². The van der Waals surface area contributed by atoms with Crippen molar-refractivity contribution < 1.29 is 0 Å². The molecule has 2 nitrogen and oxygen atoms in total. The van der Waals surface area contributed by atoms with Crippen LogP contribution < -0.4 is 11.1 Å². The van der Waals surface area contributed by atoms with Gasteiger partial charge < -0.3 is 11.1 Å². The lowest BCUT2D eigenvalue weighted by molar-refractivity contribution is 0.217. The highest BCUT2D eigenvalue weighted by Gasteiger charge is 2.40. The molecule has 0 aromatic carbocycles. The molecule has 6 atom stereocenters. The first-order valence-corrected chi connectivity index (χ1v) is 11.1. The molecule has 3 fully saturated rings. The average Bonchev–Trinajstić information content (AvgIpc) is 3.07. The lowest BCUT2D eigenvalue weighted by Gasteiger charge is -2.39. The molecule has 6 unspecified atom stereocenters. The number of hydrogen-bond acceptors (Lipinski definition) is 2. The van der Waals surface area contributed by atoms with E-state index in [4.69, 9.17) is 5.73 Å². The first-order chi connectivity index (χ1) is 12.8. The summed E-state index contributed by atoms with van der Waals surface area (Å²) >= 11 is 0. The quantitative estimate of drug-likeness (QED) is 0.735. The third kappa shape index (κ3) is 3.01. The van der Waals surface area contributed by atoms with E-state index in [1.165, 1.54) is 75.5 Å². The van der Waals surface area contributed by atoms with Crippen molar-refractivity contribution in [3.8, 4) is 0 Å². The second kappa shape index (κ2) is 7.03. The van der Waals surface area contributed by atoms with Crippen LogP contribution in [-0.2, 0) is 0 Å². The molecule has 4 aliphatic carbocycles. The van der Waals surface area contributed by atoms with Gasteiger partial charge in [0.05, 0.1) is 0 Å². The first-order valence-electron chi connectivity index (χ1n) is 11.1. The van der Waals surface area contributed by atoms with Crippen LogP contribution in [0.2, 0.25) is 0 Å². The van der Waals surface area contributed by atoms with Gasteiger partial charge in [0, 0.05) is 23.7 Å². The molecule has 1 saturated heterocycles. The number of nitrogens with one attached hydrogen (secondary N) is 1. The molecule has 2 saturated carbocycles. The van der Waals surface area contributed by atoms with Gasteiger partial charge in [0.1, 0.15) is 0 Å². The Hall–Kier alpha value is -1.28. The monoisotopic (exact) mass is 350 g/mol. The van der Waals surface area contributed by atoms with Crippen LogP contribution in [0.15, 0.2) is 47.2 Å². The number of nitrogens with two attached hydrogens (primary N) is 1. The van der Waals surface area contributed by atoms with Gasteiger partial charge in [-0.1, -0.05) is 43.2 Å². The molecule has 0 bridgehead atoms. The molecule has 26 heavy (non-hydrogen) atoms. The van der Waals surface area contributed by atoms with Gasteiger partial charge in [0.25, 0.3) is 0 Å². The topological polar surface area (TPSA) is 38.0 Å². The van der Waals surface area contributed by atoms with E-state index in [1.807, 2.05) is 0 Å². The molecule has 3 N–H and O–H groups in total. The maximum absolute atomic E-state index is 6.56. The second-order valence-corrected chi connectivity index (χ2v) is 9.31. The largest absolute Gasteiger partial charge is 0.382 e. The maximum atomic E-state index is 6.56. The predicted octanol–water partition coefficient (Wildman–Crippen LogP) is 5.00. The van der Waals surface area contributed by atoms with Crippen molar-refractivity contribution in [2.75, 3.05) is 0 Å². The molecule has 1 heterocycles. The molecule has 2 heteroatoms. The summed E-state index contributed by atoms with van der Waals surface area (Å²) in [5, 5.41) is 3.84. The number of rotatable bonds is 2. The smallest absolute Gasteiger partial charge is 0.0335 e. The highest BCUT2D eigenvalue weighted by molar-refractivity contribution is 5.42. The highest BCUT2D eigenvalue weighted by atomic mass is 15.0. The number of hydrogen-bond donors (Lipinski definition) is 2. The van der Waals surface area contributed by atoms with Crippen LogP contribution in [0, 0.1) is 23.7 Å². The van der Waals surface area contributed by atoms with Crippen molar-refractivity contribution in [2.24, 2.45) is 29.4 Å². The van der Waals surface area contributed by atoms with Gasteiger partial charge >= 0.3 is 0 Å². The molecule has 0 spiro atoms. The summed E-state index contributed by atoms with van der Waals surface area (Å²) in [6.07, 6.45) is 25.4. The molecular weight excluding hydrogens is 316 g/mol. The van der Waals surface area contributed by atoms with Gasteiger partial charge in [-0.3, -0.25) is 0 Å². The Kier molecular flexibility index (Phi) is 4.56. The Labute approximate surface area is 158 Å². The van der Waals surface area contributed by atoms with Gasteiger partial charge in [0.2, 0.25) is 0 Å². The van der Waals surface area contributed by atoms with Gasteiger partial charge in [-0.25, -0.2) is 0 Å². The average molecular weight is 351 g/mol. The SMILES string of the molecule is NC1CCC(C2C=C3C(=CC2)NC2CCCCC32)CC1C1=CCCC=C1. The fourth-order valence-corrected chi connectivity index (χ4v) is 6.34. The van der Waals surface area contributed by atoms with Gasteiger partial charge in [-0.05, 0) is 80.3 Å². The fraction of sp³-hybridized carbons (Fsp3) is 0.667. The summed E-state index contributed by atoms with van der Waals surface area (Å²) in [6.45, 7) is 0. The molecular formula is C24H34N2. The van der Waals surface area contributed by atoms with Crippen molar-refractivity contribution in [3.05, 3.63) is 47.2 Å². The lowest BCUT2D eigenvalue weighted by Crippen LogP contribution is -2.39. The lowest BCUT2D eigenvalue weighted by atomic mass is 9.67. The molecule has 0 radical (unpaired) electrons. The van der Waals surface area contributed by atoms with E-state index in [-0.39, 0.29) is 0 Å². The summed E-state index contributed by atoms with van der Waals surface area (Å²) in [4.78, 5) is 0. The summed E-state index contributed by atoms with van der Waals surface area (Å²) in [5.74, 6) is 2.92. The van der Waals surface area contributed by atoms with E-state index in [2.05, 4.69) is 35.7 Å². The summed E-state index contributed by atoms with van der Waals surface area (Å²) in [6, 6.07) is 1.09. The van der Waals surface area contributed by atoms with Crippen LogP contribution in [0.1, 0.15) is 64.2 Å². The second-order valence-electron chi connectivity index (χ2n) is 9.31. The molecule has 0 aromatic heterocycles. The Bertz CT molecular complexity index is 668. The zero-order chi connectivity index (χ0) is 17.5. The molecule has 0 amide bonds. The Balaban J connectivity index is 1.33. The third-order valence-corrected chi connectivity index (χ3v) is 7.81. The van der Waals surface area contributed by atoms with Crippen molar-refractivity contribution in [1.82, 2.24) is 5.32 Å². The van der Waals surface area contributed by atoms with E-state index in [1.54, 1.807) is 5.57 Å². The van der Waals surface area contributed by atoms with E-state index in [0.29, 0.717) is 12.0 Å². The molecule has 0 aromatic rings. The predicted molar refractivity (Wildman–Crippen MR) is 108 cm³/mol. The number of fused-ring (bicyclic) bond motifs is 3. The molecule has 5 rings (SSSR count). The minimum Gasteiger partial charge on any atom is -0.382 e. The first kappa shape index (κ1) is 16.9. The van der Waals surface area contributed by atoms with E-state index >= 15 is 0 Å². The fourth-order valence-electron chi connectivity index (χ4n) is 6.34. The third-order valence-electron chi connectivity index (χ3n) is 7.81. The van der Waals surface area contributed by atoms with Crippen LogP contribution in [0.4, 0.5) is 0 Å². The van der Waals surface area contributed by atoms with E-state index in [9.17, 15) is 0 Å². The summed E-state index contributed by atoms with van der Waals surface area (Å²) in [5.41, 5.74) is 11.3. The Morgan fingerprint density at radius 3 is 2.77 bits per heavy atom. The molecule has 1 aliphatic heterocycles. The Morgan fingerprint density at radius 1 is 0.962 bits per heavy atom. The summed E-state index contributed by atoms with van der Waals surface area (Å²) < 4.78 is 0. The van der Waals surface area contributed by atoms with Gasteiger partial charge in [0.15, 0.2) is 0 Å². The van der Waals surface area contributed by atoms with Gasteiger partial charge in [-0.15, -0.1) is 0 Å². The molecule has 140 valence electrons. The zero-order valence-corrected chi connectivity index (χ0v) is 16.0. The summed E-state index contributed by atoms with van der Waals surface area (Å²) in [7, 11) is 0. The Morgan fingerprint density at radius 2 is 1.88 bits per heavy atom. The minimum absolute atomic E-state index is 0.360. The zero-order valence-electron chi connectivity index (χ0n) is 16.0. The number of allylic oxidation sites excluding steroid dienone is 6.